The fourth-order valence-electron chi connectivity index (χ4n) is 3.01. The molecule has 0 aliphatic carbocycles. The second-order valence-corrected chi connectivity index (χ2v) is 5.27. The Morgan fingerprint density at radius 1 is 1.24 bits per heavy atom. The van der Waals surface area contributed by atoms with Crippen molar-refractivity contribution >= 4 is 5.91 Å². The second kappa shape index (κ2) is 4.15. The summed E-state index contributed by atoms with van der Waals surface area (Å²) in [6.45, 7) is 3.10. The lowest BCUT2D eigenvalue weighted by Crippen LogP contribution is -2.43. The molecule has 2 heterocycles. The van der Waals surface area contributed by atoms with Crippen molar-refractivity contribution < 1.29 is 4.79 Å². The number of nitrogens with one attached hydrogen (secondary N) is 1. The molecule has 2 aliphatic heterocycles. The fraction of sp³-hybridized carbons (Fsp3) is 0.500. The van der Waals surface area contributed by atoms with Crippen LogP contribution in [0.3, 0.4) is 0 Å². The van der Waals surface area contributed by atoms with Gasteiger partial charge >= 0.3 is 0 Å². The molecule has 3 nitrogen and oxygen atoms in total. The van der Waals surface area contributed by atoms with Crippen molar-refractivity contribution in [2.24, 2.45) is 0 Å². The maximum Gasteiger partial charge on any atom is 0.220 e. The van der Waals surface area contributed by atoms with Crippen LogP contribution in [0.4, 0.5) is 0 Å². The summed E-state index contributed by atoms with van der Waals surface area (Å²) < 4.78 is 0. The van der Waals surface area contributed by atoms with Crippen LogP contribution in [0.5, 0.6) is 0 Å². The van der Waals surface area contributed by atoms with Crippen molar-refractivity contribution in [1.82, 2.24) is 10.2 Å². The van der Waals surface area contributed by atoms with E-state index < -0.39 is 0 Å². The van der Waals surface area contributed by atoms with Crippen LogP contribution in [0.1, 0.15) is 24.8 Å². The molecule has 1 N–H and O–H groups in total. The van der Waals surface area contributed by atoms with E-state index in [1.54, 1.807) is 0 Å². The summed E-state index contributed by atoms with van der Waals surface area (Å²) in [7, 11) is 0. The summed E-state index contributed by atoms with van der Waals surface area (Å²) in [4.78, 5) is 13.8. The average molecular weight is 230 g/mol. The van der Waals surface area contributed by atoms with Crippen LogP contribution in [-0.2, 0) is 11.3 Å². The van der Waals surface area contributed by atoms with Gasteiger partial charge in [-0.2, -0.15) is 0 Å². The number of nitrogens with zero attached hydrogens (tertiary/aromatic N) is 1. The Hall–Kier alpha value is -1.35. The van der Waals surface area contributed by atoms with Crippen LogP contribution in [0.25, 0.3) is 0 Å². The van der Waals surface area contributed by atoms with Crippen LogP contribution in [-0.4, -0.2) is 29.4 Å². The van der Waals surface area contributed by atoms with E-state index in [4.69, 9.17) is 0 Å². The van der Waals surface area contributed by atoms with E-state index in [2.05, 4.69) is 34.5 Å². The van der Waals surface area contributed by atoms with Gasteiger partial charge in [0.05, 0.1) is 5.54 Å². The topological polar surface area (TPSA) is 32.3 Å². The molecule has 17 heavy (non-hydrogen) atoms. The van der Waals surface area contributed by atoms with E-state index in [9.17, 15) is 4.79 Å². The number of carbonyl (C=O) groups is 1. The molecule has 3 rings (SSSR count). The molecule has 1 amide bonds. The minimum absolute atomic E-state index is 0.0892. The lowest BCUT2D eigenvalue weighted by Gasteiger charge is -2.24. The highest BCUT2D eigenvalue weighted by Gasteiger charge is 2.42. The Kier molecular flexibility index (Phi) is 2.63. The highest BCUT2D eigenvalue weighted by molar-refractivity contribution is 5.79. The zero-order valence-corrected chi connectivity index (χ0v) is 9.98. The smallest absolute Gasteiger partial charge is 0.220 e. The number of hydrogen-bond acceptors (Lipinski definition) is 2. The van der Waals surface area contributed by atoms with Crippen LogP contribution in [0.15, 0.2) is 30.3 Å². The predicted octanol–water partition coefficient (Wildman–Crippen LogP) is 1.54. The number of rotatable bonds is 2. The molecule has 0 radical (unpaired) electrons. The largest absolute Gasteiger partial charge is 0.349 e. The molecular weight excluding hydrogens is 212 g/mol. The second-order valence-electron chi connectivity index (χ2n) is 5.27. The van der Waals surface area contributed by atoms with Gasteiger partial charge < -0.3 is 5.32 Å². The zero-order valence-electron chi connectivity index (χ0n) is 9.98. The van der Waals surface area contributed by atoms with Gasteiger partial charge in [0.2, 0.25) is 5.91 Å². The standard InChI is InChI=1S/C14H18N2O/c17-13-6-7-14(15-13)8-9-16(11-14)10-12-4-2-1-3-5-12/h1-5H,6-11H2,(H,15,17). The van der Waals surface area contributed by atoms with Crippen molar-refractivity contribution in [1.29, 1.82) is 0 Å². The first-order valence-electron chi connectivity index (χ1n) is 6.33. The third-order valence-corrected chi connectivity index (χ3v) is 3.92. The summed E-state index contributed by atoms with van der Waals surface area (Å²) >= 11 is 0. The van der Waals surface area contributed by atoms with E-state index in [0.29, 0.717) is 6.42 Å². The number of hydrogen-bond donors (Lipinski definition) is 1. The van der Waals surface area contributed by atoms with Crippen molar-refractivity contribution in [3.63, 3.8) is 0 Å². The summed E-state index contributed by atoms with van der Waals surface area (Å²) in [5.41, 5.74) is 1.44. The lowest BCUT2D eigenvalue weighted by molar-refractivity contribution is -0.119. The maximum absolute atomic E-state index is 11.3. The molecule has 0 aromatic heterocycles. The number of likely N-dealkylation sites (tertiary alicyclic amines) is 1. The lowest BCUT2D eigenvalue weighted by atomic mass is 9.97. The van der Waals surface area contributed by atoms with Crippen LogP contribution in [0.2, 0.25) is 0 Å². The molecule has 2 saturated heterocycles. The summed E-state index contributed by atoms with van der Waals surface area (Å²) in [5, 5.41) is 3.16. The van der Waals surface area contributed by atoms with Crippen molar-refractivity contribution in [3.8, 4) is 0 Å². The van der Waals surface area contributed by atoms with Crippen molar-refractivity contribution in [3.05, 3.63) is 35.9 Å². The molecule has 3 heteroatoms. The molecule has 1 atom stereocenters. The Morgan fingerprint density at radius 3 is 2.76 bits per heavy atom. The van der Waals surface area contributed by atoms with E-state index in [0.717, 1.165) is 32.5 Å². The Labute approximate surface area is 102 Å². The highest BCUT2D eigenvalue weighted by Crippen LogP contribution is 2.31. The molecule has 90 valence electrons. The molecule has 1 spiro atoms. The molecule has 1 unspecified atom stereocenters. The minimum Gasteiger partial charge on any atom is -0.349 e. The molecule has 1 aromatic carbocycles. The van der Waals surface area contributed by atoms with Gasteiger partial charge in [-0.05, 0) is 18.4 Å². The molecule has 2 fully saturated rings. The quantitative estimate of drug-likeness (QED) is 0.836. The Balaban J connectivity index is 1.63. The molecule has 0 bridgehead atoms. The van der Waals surface area contributed by atoms with Gasteiger partial charge in [0.15, 0.2) is 0 Å². The molecular formula is C14H18N2O. The number of benzene rings is 1. The average Bonchev–Trinajstić information content (AvgIpc) is 2.88. The molecule has 1 aromatic rings. The Morgan fingerprint density at radius 2 is 2.06 bits per heavy atom. The van der Waals surface area contributed by atoms with Gasteiger partial charge in [0.25, 0.3) is 0 Å². The first kappa shape index (κ1) is 10.8. The van der Waals surface area contributed by atoms with Crippen molar-refractivity contribution in [2.75, 3.05) is 13.1 Å². The zero-order chi connectivity index (χ0) is 11.7. The molecule has 2 aliphatic rings. The third-order valence-electron chi connectivity index (χ3n) is 3.92. The Bertz CT molecular complexity index is 417. The van der Waals surface area contributed by atoms with E-state index in [1.807, 2.05) is 6.07 Å². The van der Waals surface area contributed by atoms with Crippen LogP contribution < -0.4 is 5.32 Å². The fourth-order valence-corrected chi connectivity index (χ4v) is 3.01. The third kappa shape index (κ3) is 2.20. The van der Waals surface area contributed by atoms with Gasteiger partial charge in [-0.3, -0.25) is 9.69 Å². The minimum atomic E-state index is 0.0892. The summed E-state index contributed by atoms with van der Waals surface area (Å²) in [5.74, 6) is 0.228. The SMILES string of the molecule is O=C1CCC2(CCN(Cc3ccccc3)C2)N1. The van der Waals surface area contributed by atoms with E-state index in [1.165, 1.54) is 5.56 Å². The monoisotopic (exact) mass is 230 g/mol. The predicted molar refractivity (Wildman–Crippen MR) is 66.4 cm³/mol. The normalized spacial score (nSPS) is 28.8. The maximum atomic E-state index is 11.3. The first-order chi connectivity index (χ1) is 8.26. The van der Waals surface area contributed by atoms with Crippen molar-refractivity contribution in [2.45, 2.75) is 31.3 Å². The van der Waals surface area contributed by atoms with Gasteiger partial charge in [0.1, 0.15) is 0 Å². The van der Waals surface area contributed by atoms with E-state index in [-0.39, 0.29) is 11.4 Å². The summed E-state index contributed by atoms with van der Waals surface area (Å²) in [6.07, 6.45) is 2.82. The van der Waals surface area contributed by atoms with Crippen LogP contribution >= 0.6 is 0 Å². The van der Waals surface area contributed by atoms with Gasteiger partial charge in [-0.25, -0.2) is 0 Å². The number of carbonyl (C=O) groups excluding carboxylic acids is 1. The number of amides is 1. The highest BCUT2D eigenvalue weighted by atomic mass is 16.2. The summed E-state index contributed by atoms with van der Waals surface area (Å²) in [6, 6.07) is 10.5. The van der Waals surface area contributed by atoms with Crippen LogP contribution in [0, 0.1) is 0 Å². The van der Waals surface area contributed by atoms with Gasteiger partial charge in [-0.1, -0.05) is 30.3 Å². The first-order valence-corrected chi connectivity index (χ1v) is 6.33. The van der Waals surface area contributed by atoms with E-state index >= 15 is 0 Å². The molecule has 0 saturated carbocycles. The van der Waals surface area contributed by atoms with Gasteiger partial charge in [0, 0.05) is 26.1 Å². The van der Waals surface area contributed by atoms with Gasteiger partial charge in [-0.15, -0.1) is 0 Å².